The fourth-order valence-electron chi connectivity index (χ4n) is 5.42. The minimum Gasteiger partial charge on any atom is -0.456 e. The van der Waals surface area contributed by atoms with E-state index in [1.54, 1.807) is 0 Å². The van der Waals surface area contributed by atoms with Crippen LogP contribution in [-0.2, 0) is 0 Å². The van der Waals surface area contributed by atoms with Gasteiger partial charge >= 0.3 is 0 Å². The van der Waals surface area contributed by atoms with E-state index in [0.29, 0.717) is 22.6 Å². The average Bonchev–Trinajstić information content (AvgIpc) is 3.53. The zero-order valence-corrected chi connectivity index (χ0v) is 21.3. The smallest absolute Gasteiger partial charge is 0.238 e. The van der Waals surface area contributed by atoms with Gasteiger partial charge in [-0.2, -0.15) is 9.97 Å². The van der Waals surface area contributed by atoms with E-state index in [1.165, 1.54) is 0 Å². The van der Waals surface area contributed by atoms with Gasteiger partial charge in [0.05, 0.1) is 11.0 Å². The van der Waals surface area contributed by atoms with E-state index in [4.69, 9.17) is 31.0 Å². The molecule has 0 atom stereocenters. The van der Waals surface area contributed by atoms with Crippen LogP contribution in [0.1, 0.15) is 0 Å². The molecule has 8 aromatic rings. The first-order valence-electron chi connectivity index (χ1n) is 12.7. The largest absolute Gasteiger partial charge is 0.456 e. The number of benzene rings is 5. The summed E-state index contributed by atoms with van der Waals surface area (Å²) in [5, 5.41) is 4.79. The monoisotopic (exact) mass is 522 g/mol. The summed E-state index contributed by atoms with van der Waals surface area (Å²) >= 11 is 6.40. The Kier molecular flexibility index (Phi) is 4.81. The molecule has 0 aliphatic carbocycles. The van der Waals surface area contributed by atoms with Crippen LogP contribution in [0.15, 0.2) is 120 Å². The van der Waals surface area contributed by atoms with Crippen molar-refractivity contribution < 1.29 is 4.42 Å². The molecule has 3 heterocycles. The third-order valence-electron chi connectivity index (χ3n) is 7.13. The summed E-state index contributed by atoms with van der Waals surface area (Å²) in [5.74, 6) is 1.72. The van der Waals surface area contributed by atoms with Crippen LogP contribution in [0.3, 0.4) is 0 Å². The van der Waals surface area contributed by atoms with Gasteiger partial charge < -0.3 is 4.42 Å². The summed E-state index contributed by atoms with van der Waals surface area (Å²) < 4.78 is 8.29. The second kappa shape index (κ2) is 8.51. The van der Waals surface area contributed by atoms with Crippen molar-refractivity contribution in [3.63, 3.8) is 0 Å². The molecule has 184 valence electrons. The molecule has 0 amide bonds. The maximum Gasteiger partial charge on any atom is 0.238 e. The Morgan fingerprint density at radius 3 is 2.03 bits per heavy atom. The zero-order chi connectivity index (χ0) is 25.9. The van der Waals surface area contributed by atoms with Crippen molar-refractivity contribution in [1.29, 1.82) is 0 Å². The molecule has 0 bridgehead atoms. The Balaban J connectivity index is 1.48. The lowest BCUT2D eigenvalue weighted by Gasteiger charge is -2.11. The summed E-state index contributed by atoms with van der Waals surface area (Å²) in [6, 6.07) is 38.3. The molecule has 3 aromatic heterocycles. The molecule has 8 rings (SSSR count). The SMILES string of the molecule is Clc1ccc2oc3cccc(-c4nc(-c5ccccc5)nc(-n5c6ccccc6c6ccccc65)n4)c3c2c1. The first kappa shape index (κ1) is 22.0. The predicted octanol–water partition coefficient (Wildman–Crippen LogP) is 8.86. The molecular weight excluding hydrogens is 504 g/mol. The fraction of sp³-hybridized carbons (Fsp3) is 0. The number of nitrogens with zero attached hydrogens (tertiary/aromatic N) is 4. The van der Waals surface area contributed by atoms with E-state index in [1.807, 2.05) is 78.9 Å². The molecule has 0 saturated carbocycles. The van der Waals surface area contributed by atoms with Gasteiger partial charge in [0.25, 0.3) is 0 Å². The number of aromatic nitrogens is 4. The van der Waals surface area contributed by atoms with E-state index in [2.05, 4.69) is 41.0 Å². The van der Waals surface area contributed by atoms with Crippen molar-refractivity contribution in [2.45, 2.75) is 0 Å². The van der Waals surface area contributed by atoms with Gasteiger partial charge in [-0.15, -0.1) is 0 Å². The van der Waals surface area contributed by atoms with Gasteiger partial charge in [-0.3, -0.25) is 4.57 Å². The van der Waals surface area contributed by atoms with Crippen molar-refractivity contribution in [3.05, 3.63) is 120 Å². The van der Waals surface area contributed by atoms with Gasteiger partial charge in [-0.05, 0) is 36.4 Å². The fourth-order valence-corrected chi connectivity index (χ4v) is 5.60. The Morgan fingerprint density at radius 1 is 0.564 bits per heavy atom. The second-order valence-electron chi connectivity index (χ2n) is 9.44. The van der Waals surface area contributed by atoms with Crippen LogP contribution >= 0.6 is 11.6 Å². The number of furan rings is 1. The van der Waals surface area contributed by atoms with E-state index < -0.39 is 0 Å². The molecule has 0 fully saturated rings. The molecule has 0 unspecified atom stereocenters. The maximum atomic E-state index is 6.40. The molecule has 5 aromatic carbocycles. The van der Waals surface area contributed by atoms with Crippen LogP contribution in [0, 0.1) is 0 Å². The van der Waals surface area contributed by atoms with Crippen LogP contribution in [0.25, 0.3) is 72.5 Å². The predicted molar refractivity (Wildman–Crippen MR) is 157 cm³/mol. The van der Waals surface area contributed by atoms with Gasteiger partial charge in [-0.1, -0.05) is 90.5 Å². The number of hydrogen-bond acceptors (Lipinski definition) is 4. The van der Waals surface area contributed by atoms with Crippen LogP contribution in [0.2, 0.25) is 5.02 Å². The summed E-state index contributed by atoms with van der Waals surface area (Å²) in [6.07, 6.45) is 0. The quantitative estimate of drug-likeness (QED) is 0.232. The first-order valence-corrected chi connectivity index (χ1v) is 13.0. The lowest BCUT2D eigenvalue weighted by Crippen LogP contribution is -2.06. The molecule has 5 nitrogen and oxygen atoms in total. The normalized spacial score (nSPS) is 11.7. The molecule has 0 spiro atoms. The second-order valence-corrected chi connectivity index (χ2v) is 9.88. The van der Waals surface area contributed by atoms with Crippen molar-refractivity contribution in [2.75, 3.05) is 0 Å². The van der Waals surface area contributed by atoms with Crippen LogP contribution in [0.4, 0.5) is 0 Å². The summed E-state index contributed by atoms with van der Waals surface area (Å²) in [4.78, 5) is 15.1. The van der Waals surface area contributed by atoms with E-state index >= 15 is 0 Å². The van der Waals surface area contributed by atoms with Gasteiger partial charge in [0.15, 0.2) is 11.6 Å². The Bertz CT molecular complexity index is 2140. The number of hydrogen-bond donors (Lipinski definition) is 0. The summed E-state index contributed by atoms with van der Waals surface area (Å²) in [5.41, 5.74) is 5.36. The third kappa shape index (κ3) is 3.44. The van der Waals surface area contributed by atoms with Crippen molar-refractivity contribution in [2.24, 2.45) is 0 Å². The number of fused-ring (bicyclic) bond motifs is 6. The molecule has 0 N–H and O–H groups in total. The number of halogens is 1. The summed E-state index contributed by atoms with van der Waals surface area (Å²) in [6.45, 7) is 0. The minimum atomic E-state index is 0.555. The molecular formula is C33H19ClN4O. The van der Waals surface area contributed by atoms with Gasteiger partial charge in [0.2, 0.25) is 5.95 Å². The standard InChI is InChI=1S/C33H19ClN4O/c34-21-17-18-28-25(19-21)30-24(13-8-16-29(30)39-28)32-35-31(20-9-2-1-3-10-20)36-33(37-32)38-26-14-6-4-11-22(26)23-12-5-7-15-27(23)38/h1-19H. The van der Waals surface area contributed by atoms with Crippen molar-refractivity contribution >= 4 is 55.3 Å². The van der Waals surface area contributed by atoms with E-state index in [9.17, 15) is 0 Å². The lowest BCUT2D eigenvalue weighted by atomic mass is 10.1. The van der Waals surface area contributed by atoms with Crippen LogP contribution in [-0.4, -0.2) is 19.5 Å². The van der Waals surface area contributed by atoms with Crippen LogP contribution < -0.4 is 0 Å². The molecule has 0 aliphatic heterocycles. The van der Waals surface area contributed by atoms with Crippen molar-refractivity contribution in [3.8, 4) is 28.7 Å². The number of rotatable bonds is 3. The van der Waals surface area contributed by atoms with E-state index in [0.717, 1.165) is 54.9 Å². The minimum absolute atomic E-state index is 0.555. The molecule has 0 aliphatic rings. The van der Waals surface area contributed by atoms with Crippen molar-refractivity contribution in [1.82, 2.24) is 19.5 Å². The van der Waals surface area contributed by atoms with Gasteiger partial charge in [-0.25, -0.2) is 4.98 Å². The first-order chi connectivity index (χ1) is 19.2. The molecule has 0 radical (unpaired) electrons. The Labute approximate surface area is 228 Å². The van der Waals surface area contributed by atoms with Crippen LogP contribution in [0.5, 0.6) is 0 Å². The maximum absolute atomic E-state index is 6.40. The number of para-hydroxylation sites is 2. The Morgan fingerprint density at radius 2 is 1.26 bits per heavy atom. The lowest BCUT2D eigenvalue weighted by molar-refractivity contribution is 0.669. The molecule has 0 saturated heterocycles. The summed E-state index contributed by atoms with van der Waals surface area (Å²) in [7, 11) is 0. The third-order valence-corrected chi connectivity index (χ3v) is 7.37. The highest BCUT2D eigenvalue weighted by Gasteiger charge is 2.20. The van der Waals surface area contributed by atoms with E-state index in [-0.39, 0.29) is 0 Å². The Hall–Kier alpha value is -5.00. The molecule has 6 heteroatoms. The topological polar surface area (TPSA) is 56.7 Å². The average molecular weight is 523 g/mol. The van der Waals surface area contributed by atoms with Gasteiger partial charge in [0.1, 0.15) is 11.2 Å². The highest BCUT2D eigenvalue weighted by atomic mass is 35.5. The molecule has 39 heavy (non-hydrogen) atoms. The zero-order valence-electron chi connectivity index (χ0n) is 20.5. The highest BCUT2D eigenvalue weighted by molar-refractivity contribution is 6.32. The highest BCUT2D eigenvalue weighted by Crippen LogP contribution is 2.38. The van der Waals surface area contributed by atoms with Gasteiger partial charge in [0, 0.05) is 37.7 Å².